The minimum absolute atomic E-state index is 0.201. The number of carbonyl (C=O) groups is 1. The van der Waals surface area contributed by atoms with Gasteiger partial charge in [-0.25, -0.2) is 9.97 Å². The molecule has 0 spiro atoms. The van der Waals surface area contributed by atoms with Gasteiger partial charge in [0.25, 0.3) is 5.91 Å². The molecule has 0 aliphatic rings. The number of aromatic nitrogens is 3. The standard InChI is InChI=1S/C17H15N5O2/c1-2-7-19-17(23)13-9-20-16-15(13)22-14(10-21-16)24-12-5-3-11(8-18)4-6-12/h3-6,9-10H,2,7H2,1H3,(H,19,23)(H,20,21). The molecule has 0 atom stereocenters. The van der Waals surface area contributed by atoms with Crippen molar-refractivity contribution >= 4 is 17.1 Å². The summed E-state index contributed by atoms with van der Waals surface area (Å²) in [5.41, 5.74) is 1.94. The summed E-state index contributed by atoms with van der Waals surface area (Å²) in [5, 5.41) is 11.6. The zero-order chi connectivity index (χ0) is 16.9. The quantitative estimate of drug-likeness (QED) is 0.752. The van der Waals surface area contributed by atoms with Gasteiger partial charge in [0.2, 0.25) is 5.88 Å². The summed E-state index contributed by atoms with van der Waals surface area (Å²) < 4.78 is 5.64. The number of hydrogen-bond acceptors (Lipinski definition) is 5. The lowest BCUT2D eigenvalue weighted by Crippen LogP contribution is -2.23. The maximum Gasteiger partial charge on any atom is 0.255 e. The molecule has 24 heavy (non-hydrogen) atoms. The highest BCUT2D eigenvalue weighted by Gasteiger charge is 2.14. The molecule has 2 heterocycles. The van der Waals surface area contributed by atoms with Crippen LogP contribution in [0.4, 0.5) is 0 Å². The van der Waals surface area contributed by atoms with E-state index in [2.05, 4.69) is 20.3 Å². The third-order valence-corrected chi connectivity index (χ3v) is 3.34. The molecule has 3 rings (SSSR count). The van der Waals surface area contributed by atoms with Crippen molar-refractivity contribution in [3.05, 3.63) is 47.8 Å². The Morgan fingerprint density at radius 2 is 2.17 bits per heavy atom. The number of ether oxygens (including phenoxy) is 1. The summed E-state index contributed by atoms with van der Waals surface area (Å²) in [5.74, 6) is 0.611. The van der Waals surface area contributed by atoms with E-state index < -0.39 is 0 Å². The number of nitriles is 1. The first kappa shape index (κ1) is 15.5. The Morgan fingerprint density at radius 3 is 2.88 bits per heavy atom. The second-order valence-corrected chi connectivity index (χ2v) is 5.10. The minimum atomic E-state index is -0.201. The summed E-state index contributed by atoms with van der Waals surface area (Å²) in [6.45, 7) is 2.58. The molecule has 0 fully saturated rings. The third kappa shape index (κ3) is 3.17. The van der Waals surface area contributed by atoms with E-state index >= 15 is 0 Å². The van der Waals surface area contributed by atoms with Crippen molar-refractivity contribution in [2.24, 2.45) is 0 Å². The van der Waals surface area contributed by atoms with Crippen molar-refractivity contribution in [3.8, 4) is 17.7 Å². The van der Waals surface area contributed by atoms with Crippen LogP contribution in [-0.2, 0) is 0 Å². The zero-order valence-corrected chi connectivity index (χ0v) is 13.0. The van der Waals surface area contributed by atoms with E-state index in [4.69, 9.17) is 10.00 Å². The molecule has 0 saturated heterocycles. The summed E-state index contributed by atoms with van der Waals surface area (Å²) in [6.07, 6.45) is 3.92. The first-order valence-corrected chi connectivity index (χ1v) is 7.51. The first-order chi connectivity index (χ1) is 11.7. The van der Waals surface area contributed by atoms with Gasteiger partial charge in [-0.1, -0.05) is 6.92 Å². The molecule has 7 nitrogen and oxygen atoms in total. The number of rotatable bonds is 5. The van der Waals surface area contributed by atoms with Crippen LogP contribution in [0.3, 0.4) is 0 Å². The number of hydrogen-bond donors (Lipinski definition) is 2. The number of fused-ring (bicyclic) bond motifs is 1. The van der Waals surface area contributed by atoms with Crippen molar-refractivity contribution < 1.29 is 9.53 Å². The van der Waals surface area contributed by atoms with Gasteiger partial charge in [-0.05, 0) is 30.7 Å². The summed E-state index contributed by atoms with van der Waals surface area (Å²) in [6, 6.07) is 8.71. The van der Waals surface area contributed by atoms with Crippen LogP contribution in [0.5, 0.6) is 11.6 Å². The molecule has 120 valence electrons. The number of nitrogens with one attached hydrogen (secondary N) is 2. The lowest BCUT2D eigenvalue weighted by Gasteiger charge is -2.05. The highest BCUT2D eigenvalue weighted by Crippen LogP contribution is 2.22. The van der Waals surface area contributed by atoms with Gasteiger partial charge in [-0.15, -0.1) is 0 Å². The summed E-state index contributed by atoms with van der Waals surface area (Å²) in [4.78, 5) is 23.7. The van der Waals surface area contributed by atoms with Crippen LogP contribution in [0.1, 0.15) is 29.3 Å². The number of nitrogens with zero attached hydrogens (tertiary/aromatic N) is 3. The number of aromatic amines is 1. The van der Waals surface area contributed by atoms with E-state index in [1.165, 1.54) is 6.20 Å². The number of carbonyl (C=O) groups excluding carboxylic acids is 1. The SMILES string of the molecule is CCCNC(=O)c1c[nH]c2ncc(Oc3ccc(C#N)cc3)nc12. The fraction of sp³-hybridized carbons (Fsp3) is 0.176. The molecular formula is C17H15N5O2. The molecule has 0 saturated carbocycles. The number of H-pyrrole nitrogens is 1. The molecule has 1 aromatic carbocycles. The smallest absolute Gasteiger partial charge is 0.255 e. The average Bonchev–Trinajstić information content (AvgIpc) is 3.03. The normalized spacial score (nSPS) is 10.3. The largest absolute Gasteiger partial charge is 0.437 e. The monoisotopic (exact) mass is 321 g/mol. The van der Waals surface area contributed by atoms with Crippen molar-refractivity contribution in [2.45, 2.75) is 13.3 Å². The Hall–Kier alpha value is -3.40. The van der Waals surface area contributed by atoms with E-state index in [0.717, 1.165) is 6.42 Å². The van der Waals surface area contributed by atoms with Crippen molar-refractivity contribution in [3.63, 3.8) is 0 Å². The van der Waals surface area contributed by atoms with E-state index in [-0.39, 0.29) is 11.8 Å². The van der Waals surface area contributed by atoms with Gasteiger partial charge < -0.3 is 15.0 Å². The van der Waals surface area contributed by atoms with Crippen molar-refractivity contribution in [2.75, 3.05) is 6.54 Å². The molecule has 2 N–H and O–H groups in total. The second kappa shape index (κ2) is 6.79. The predicted octanol–water partition coefficient (Wildman–Crippen LogP) is 2.76. The molecule has 0 unspecified atom stereocenters. The van der Waals surface area contributed by atoms with E-state index in [0.29, 0.717) is 34.6 Å². The third-order valence-electron chi connectivity index (χ3n) is 3.34. The number of amides is 1. The molecule has 0 aliphatic carbocycles. The molecule has 7 heteroatoms. The van der Waals surface area contributed by atoms with Crippen LogP contribution in [0, 0.1) is 11.3 Å². The Bertz CT molecular complexity index is 909. The average molecular weight is 321 g/mol. The molecule has 0 radical (unpaired) electrons. The van der Waals surface area contributed by atoms with Crippen LogP contribution in [-0.4, -0.2) is 27.4 Å². The van der Waals surface area contributed by atoms with Crippen LogP contribution in [0.15, 0.2) is 36.7 Å². The highest BCUT2D eigenvalue weighted by atomic mass is 16.5. The maximum absolute atomic E-state index is 12.1. The zero-order valence-electron chi connectivity index (χ0n) is 13.0. The molecule has 0 bridgehead atoms. The predicted molar refractivity (Wildman–Crippen MR) is 87.7 cm³/mol. The topological polar surface area (TPSA) is 104 Å². The Balaban J connectivity index is 1.86. The van der Waals surface area contributed by atoms with Gasteiger partial charge in [0.15, 0.2) is 5.65 Å². The number of benzene rings is 1. The first-order valence-electron chi connectivity index (χ1n) is 7.51. The van der Waals surface area contributed by atoms with Gasteiger partial charge in [0.1, 0.15) is 11.3 Å². The van der Waals surface area contributed by atoms with Crippen LogP contribution < -0.4 is 10.1 Å². The van der Waals surface area contributed by atoms with Crippen LogP contribution in [0.2, 0.25) is 0 Å². The van der Waals surface area contributed by atoms with E-state index in [1.807, 2.05) is 13.0 Å². The molecule has 2 aromatic heterocycles. The molecule has 3 aromatic rings. The Morgan fingerprint density at radius 1 is 1.38 bits per heavy atom. The van der Waals surface area contributed by atoms with Crippen molar-refractivity contribution in [1.29, 1.82) is 5.26 Å². The summed E-state index contributed by atoms with van der Waals surface area (Å²) >= 11 is 0. The van der Waals surface area contributed by atoms with Gasteiger partial charge in [-0.2, -0.15) is 5.26 Å². The maximum atomic E-state index is 12.1. The lowest BCUT2D eigenvalue weighted by atomic mass is 10.2. The van der Waals surface area contributed by atoms with E-state index in [1.54, 1.807) is 30.5 Å². The van der Waals surface area contributed by atoms with Crippen molar-refractivity contribution in [1.82, 2.24) is 20.3 Å². The van der Waals surface area contributed by atoms with Gasteiger partial charge in [0.05, 0.1) is 23.4 Å². The van der Waals surface area contributed by atoms with E-state index in [9.17, 15) is 4.79 Å². The van der Waals surface area contributed by atoms with Gasteiger partial charge >= 0.3 is 0 Å². The summed E-state index contributed by atoms with van der Waals surface area (Å²) in [7, 11) is 0. The molecular weight excluding hydrogens is 306 g/mol. The fourth-order valence-corrected chi connectivity index (χ4v) is 2.15. The van der Waals surface area contributed by atoms with Crippen LogP contribution in [0.25, 0.3) is 11.2 Å². The lowest BCUT2D eigenvalue weighted by molar-refractivity contribution is 0.0955. The molecule has 0 aliphatic heterocycles. The Kier molecular flexibility index (Phi) is 4.38. The van der Waals surface area contributed by atoms with Crippen LogP contribution >= 0.6 is 0 Å². The van der Waals surface area contributed by atoms with Gasteiger partial charge in [0, 0.05) is 12.7 Å². The molecule has 1 amide bonds. The highest BCUT2D eigenvalue weighted by molar-refractivity contribution is 6.04. The second-order valence-electron chi connectivity index (χ2n) is 5.10. The van der Waals surface area contributed by atoms with Gasteiger partial charge in [-0.3, -0.25) is 4.79 Å². The Labute approximate surface area is 138 Å². The fourth-order valence-electron chi connectivity index (χ4n) is 2.15. The minimum Gasteiger partial charge on any atom is -0.437 e.